The van der Waals surface area contributed by atoms with Crippen LogP contribution in [0.15, 0.2) is 17.0 Å². The van der Waals surface area contributed by atoms with Crippen LogP contribution >= 0.6 is 0 Å². The maximum absolute atomic E-state index is 12.7. The highest BCUT2D eigenvalue weighted by atomic mass is 32.2. The van der Waals surface area contributed by atoms with Gasteiger partial charge in [-0.3, -0.25) is 14.4 Å². The lowest BCUT2D eigenvalue weighted by Crippen LogP contribution is -2.42. The monoisotopic (exact) mass is 409 g/mol. The number of ether oxygens (including phenoxy) is 1. The lowest BCUT2D eigenvalue weighted by molar-refractivity contribution is -0.135. The van der Waals surface area contributed by atoms with Gasteiger partial charge in [-0.2, -0.15) is 0 Å². The minimum atomic E-state index is -4.16. The molecule has 28 heavy (non-hydrogen) atoms. The first-order valence-electron chi connectivity index (χ1n) is 9.13. The predicted octanol–water partition coefficient (Wildman–Crippen LogP) is 0.922. The van der Waals surface area contributed by atoms with Crippen LogP contribution in [0, 0.1) is 6.92 Å². The number of fused-ring (bicyclic) bond motifs is 1. The van der Waals surface area contributed by atoms with E-state index in [9.17, 15) is 22.8 Å². The van der Waals surface area contributed by atoms with E-state index >= 15 is 0 Å². The largest absolute Gasteiger partial charge is 0.479 e. The minimum absolute atomic E-state index is 0.120. The number of likely N-dealkylation sites (tertiary alicyclic amines) is 1. The molecule has 0 spiro atoms. The quantitative estimate of drug-likeness (QED) is 0.763. The number of carbonyl (C=O) groups excluding carboxylic acids is 3. The van der Waals surface area contributed by atoms with Crippen molar-refractivity contribution < 1.29 is 27.5 Å². The first-order valence-corrected chi connectivity index (χ1v) is 10.6. The van der Waals surface area contributed by atoms with Crippen molar-refractivity contribution in [2.24, 2.45) is 0 Å². The Kier molecular flexibility index (Phi) is 5.59. The Labute approximate surface area is 163 Å². The molecule has 2 aliphatic rings. The summed E-state index contributed by atoms with van der Waals surface area (Å²) < 4.78 is 32.9. The van der Waals surface area contributed by atoms with Gasteiger partial charge in [0.1, 0.15) is 12.3 Å². The molecule has 0 bridgehead atoms. The molecule has 1 unspecified atom stereocenters. The number of rotatable bonds is 4. The SMILES string of the molecule is Cc1cc2c(cc1S(=O)(=O)NC(=O)CN1CCCCCC1=O)OC(C)C(=O)N2. The van der Waals surface area contributed by atoms with Gasteiger partial charge in [0.05, 0.1) is 10.6 Å². The van der Waals surface area contributed by atoms with E-state index in [1.165, 1.54) is 17.0 Å². The summed E-state index contributed by atoms with van der Waals surface area (Å²) in [4.78, 5) is 37.2. The van der Waals surface area contributed by atoms with E-state index in [0.717, 1.165) is 19.3 Å². The Bertz CT molecular complexity index is 927. The Morgan fingerprint density at radius 3 is 2.79 bits per heavy atom. The zero-order chi connectivity index (χ0) is 20.5. The summed E-state index contributed by atoms with van der Waals surface area (Å²) in [6.07, 6.45) is 2.08. The number of sulfonamides is 1. The normalized spacial score (nSPS) is 19.9. The van der Waals surface area contributed by atoms with Crippen molar-refractivity contribution in [1.29, 1.82) is 0 Å². The van der Waals surface area contributed by atoms with Crippen molar-refractivity contribution in [1.82, 2.24) is 9.62 Å². The first-order chi connectivity index (χ1) is 13.2. The van der Waals surface area contributed by atoms with Gasteiger partial charge in [0.2, 0.25) is 5.91 Å². The number of anilines is 1. The van der Waals surface area contributed by atoms with Gasteiger partial charge in [-0.15, -0.1) is 0 Å². The fourth-order valence-corrected chi connectivity index (χ4v) is 4.47. The van der Waals surface area contributed by atoms with Crippen LogP contribution in [-0.4, -0.2) is 50.2 Å². The maximum Gasteiger partial charge on any atom is 0.265 e. The van der Waals surface area contributed by atoms with E-state index < -0.39 is 22.0 Å². The van der Waals surface area contributed by atoms with Crippen molar-refractivity contribution in [3.63, 3.8) is 0 Å². The van der Waals surface area contributed by atoms with E-state index in [1.54, 1.807) is 13.8 Å². The van der Waals surface area contributed by atoms with Gasteiger partial charge in [-0.25, -0.2) is 13.1 Å². The van der Waals surface area contributed by atoms with Crippen LogP contribution in [0.25, 0.3) is 0 Å². The molecule has 10 heteroatoms. The smallest absolute Gasteiger partial charge is 0.265 e. The number of aryl methyl sites for hydroxylation is 1. The lowest BCUT2D eigenvalue weighted by Gasteiger charge is -2.24. The standard InChI is InChI=1S/C18H23N3O6S/c1-11-8-13-14(27-12(2)18(24)19-13)9-15(11)28(25,26)20-16(22)10-21-7-5-3-4-6-17(21)23/h8-9,12H,3-7,10H2,1-2H3,(H,19,24)(H,20,22). The van der Waals surface area contributed by atoms with Gasteiger partial charge in [-0.1, -0.05) is 6.42 Å². The molecule has 2 heterocycles. The summed E-state index contributed by atoms with van der Waals surface area (Å²) >= 11 is 0. The van der Waals surface area contributed by atoms with E-state index in [4.69, 9.17) is 4.74 Å². The van der Waals surface area contributed by atoms with Crippen LogP contribution in [0.4, 0.5) is 5.69 Å². The molecule has 2 aliphatic heterocycles. The van der Waals surface area contributed by atoms with Gasteiger partial charge in [-0.05, 0) is 38.3 Å². The molecule has 3 amide bonds. The zero-order valence-corrected chi connectivity index (χ0v) is 16.6. The van der Waals surface area contributed by atoms with Crippen LogP contribution in [0.3, 0.4) is 0 Å². The number of nitrogens with one attached hydrogen (secondary N) is 2. The summed E-state index contributed by atoms with van der Waals surface area (Å²) in [7, 11) is -4.16. The molecular formula is C18H23N3O6S. The molecule has 1 saturated heterocycles. The predicted molar refractivity (Wildman–Crippen MR) is 100 cm³/mol. The number of carbonyl (C=O) groups is 3. The van der Waals surface area contributed by atoms with Crippen LogP contribution in [0.2, 0.25) is 0 Å². The second-order valence-corrected chi connectivity index (χ2v) is 8.67. The molecule has 9 nitrogen and oxygen atoms in total. The minimum Gasteiger partial charge on any atom is -0.479 e. The molecule has 3 rings (SSSR count). The highest BCUT2D eigenvalue weighted by molar-refractivity contribution is 7.90. The first kappa shape index (κ1) is 20.1. The van der Waals surface area contributed by atoms with Gasteiger partial charge in [0.15, 0.2) is 6.10 Å². The molecule has 1 aromatic carbocycles. The van der Waals surface area contributed by atoms with Crippen molar-refractivity contribution in [3.05, 3.63) is 17.7 Å². The second-order valence-electron chi connectivity index (χ2n) is 7.02. The Balaban J connectivity index is 1.77. The summed E-state index contributed by atoms with van der Waals surface area (Å²) in [5.41, 5.74) is 0.726. The number of nitrogens with zero attached hydrogens (tertiary/aromatic N) is 1. The number of hydrogen-bond donors (Lipinski definition) is 2. The fourth-order valence-electron chi connectivity index (χ4n) is 3.25. The molecule has 1 atom stereocenters. The van der Waals surface area contributed by atoms with Crippen LogP contribution in [-0.2, 0) is 24.4 Å². The molecule has 2 N–H and O–H groups in total. The van der Waals surface area contributed by atoms with Crippen molar-refractivity contribution in [3.8, 4) is 5.75 Å². The average Bonchev–Trinajstić information content (AvgIpc) is 2.80. The van der Waals surface area contributed by atoms with E-state index in [1.807, 2.05) is 4.72 Å². The van der Waals surface area contributed by atoms with Gasteiger partial charge >= 0.3 is 0 Å². The van der Waals surface area contributed by atoms with Crippen LogP contribution in [0.5, 0.6) is 5.75 Å². The third kappa shape index (κ3) is 4.27. The average molecular weight is 409 g/mol. The number of hydrogen-bond acceptors (Lipinski definition) is 6. The number of amides is 3. The Hall–Kier alpha value is -2.62. The Morgan fingerprint density at radius 1 is 1.29 bits per heavy atom. The lowest BCUT2D eigenvalue weighted by atomic mass is 10.1. The molecule has 1 fully saturated rings. The second kappa shape index (κ2) is 7.78. The van der Waals surface area contributed by atoms with Gasteiger partial charge < -0.3 is 15.0 Å². The molecule has 1 aromatic rings. The molecule has 0 aromatic heterocycles. The zero-order valence-electron chi connectivity index (χ0n) is 15.8. The van der Waals surface area contributed by atoms with E-state index in [2.05, 4.69) is 5.32 Å². The van der Waals surface area contributed by atoms with E-state index in [-0.39, 0.29) is 29.0 Å². The van der Waals surface area contributed by atoms with Crippen LogP contribution in [0.1, 0.15) is 38.2 Å². The summed E-state index contributed by atoms with van der Waals surface area (Å²) in [5, 5.41) is 2.64. The third-order valence-electron chi connectivity index (χ3n) is 4.75. The van der Waals surface area contributed by atoms with Gasteiger partial charge in [0.25, 0.3) is 21.8 Å². The topological polar surface area (TPSA) is 122 Å². The third-order valence-corrected chi connectivity index (χ3v) is 6.27. The Morgan fingerprint density at radius 2 is 2.04 bits per heavy atom. The molecule has 0 radical (unpaired) electrons. The van der Waals surface area contributed by atoms with E-state index in [0.29, 0.717) is 24.2 Å². The summed E-state index contributed by atoms with van der Waals surface area (Å²) in [6, 6.07) is 2.77. The summed E-state index contributed by atoms with van der Waals surface area (Å²) in [5.74, 6) is -1.02. The van der Waals surface area contributed by atoms with Crippen LogP contribution < -0.4 is 14.8 Å². The number of benzene rings is 1. The highest BCUT2D eigenvalue weighted by Gasteiger charge is 2.29. The maximum atomic E-state index is 12.7. The highest BCUT2D eigenvalue weighted by Crippen LogP contribution is 2.34. The fraction of sp³-hybridized carbons (Fsp3) is 0.500. The van der Waals surface area contributed by atoms with Gasteiger partial charge in [0, 0.05) is 19.0 Å². The van der Waals surface area contributed by atoms with Crippen molar-refractivity contribution >= 4 is 33.4 Å². The molecular weight excluding hydrogens is 386 g/mol. The summed E-state index contributed by atoms with van der Waals surface area (Å²) in [6.45, 7) is 3.25. The molecule has 0 aliphatic carbocycles. The van der Waals surface area contributed by atoms with Crippen molar-refractivity contribution in [2.75, 3.05) is 18.4 Å². The molecule has 152 valence electrons. The van der Waals surface area contributed by atoms with Crippen molar-refractivity contribution in [2.45, 2.75) is 50.5 Å². The molecule has 0 saturated carbocycles.